The molecule has 1 aromatic heterocycles. The van der Waals surface area contributed by atoms with Crippen LogP contribution in [0.4, 0.5) is 0 Å². The summed E-state index contributed by atoms with van der Waals surface area (Å²) in [7, 11) is 0. The first kappa shape index (κ1) is 17.3. The minimum atomic E-state index is 0.114. The lowest BCUT2D eigenvalue weighted by Crippen LogP contribution is -2.41. The van der Waals surface area contributed by atoms with Crippen molar-refractivity contribution in [1.29, 1.82) is 0 Å². The molecule has 1 amide bonds. The van der Waals surface area contributed by atoms with Crippen molar-refractivity contribution < 1.29 is 9.53 Å². The predicted molar refractivity (Wildman–Crippen MR) is 90.4 cm³/mol. The molecule has 5 heteroatoms. The summed E-state index contributed by atoms with van der Waals surface area (Å²) in [6, 6.07) is 3.71. The highest BCUT2D eigenvalue weighted by Gasteiger charge is 2.24. The zero-order valence-corrected chi connectivity index (χ0v) is 14.6. The van der Waals surface area contributed by atoms with E-state index in [4.69, 9.17) is 4.74 Å². The monoisotopic (exact) mass is 322 g/mol. The standard InChI is InChI=1S/C17H26N2O2S/c1-4-22-16-11-14(5-8-18-16)17(20)19-9-6-15(7-10-19)21-12-13(2)3/h5,8,11,13,15H,4,6-7,9-10,12H2,1-3H3. The van der Waals surface area contributed by atoms with E-state index in [1.165, 1.54) is 0 Å². The number of hydrogen-bond donors (Lipinski definition) is 0. The number of hydrogen-bond acceptors (Lipinski definition) is 4. The van der Waals surface area contributed by atoms with E-state index < -0.39 is 0 Å². The minimum Gasteiger partial charge on any atom is -0.378 e. The van der Waals surface area contributed by atoms with Crippen molar-refractivity contribution in [2.24, 2.45) is 5.92 Å². The summed E-state index contributed by atoms with van der Waals surface area (Å²) in [6.45, 7) is 8.77. The highest BCUT2D eigenvalue weighted by molar-refractivity contribution is 7.99. The molecule has 2 rings (SSSR count). The number of rotatable bonds is 6. The second-order valence-electron chi connectivity index (χ2n) is 6.03. The van der Waals surface area contributed by atoms with Gasteiger partial charge in [0.15, 0.2) is 0 Å². The molecule has 1 aliphatic rings. The van der Waals surface area contributed by atoms with E-state index in [2.05, 4.69) is 25.8 Å². The molecule has 2 heterocycles. The third kappa shape index (κ3) is 4.99. The fraction of sp³-hybridized carbons (Fsp3) is 0.647. The Hall–Kier alpha value is -1.07. The van der Waals surface area contributed by atoms with E-state index >= 15 is 0 Å². The van der Waals surface area contributed by atoms with Crippen LogP contribution in [0.1, 0.15) is 44.0 Å². The third-order valence-corrected chi connectivity index (χ3v) is 4.48. The summed E-state index contributed by atoms with van der Waals surface area (Å²) >= 11 is 1.66. The SMILES string of the molecule is CCSc1cc(C(=O)N2CCC(OCC(C)C)CC2)ccn1. The third-order valence-electron chi connectivity index (χ3n) is 3.67. The number of thioether (sulfide) groups is 1. The van der Waals surface area contributed by atoms with Gasteiger partial charge < -0.3 is 9.64 Å². The predicted octanol–water partition coefficient (Wildman–Crippen LogP) is 3.47. The van der Waals surface area contributed by atoms with Gasteiger partial charge in [-0.25, -0.2) is 4.98 Å². The Kier molecular flexibility index (Phi) is 6.70. The molecule has 1 aromatic rings. The van der Waals surface area contributed by atoms with Gasteiger partial charge in [-0.2, -0.15) is 0 Å². The van der Waals surface area contributed by atoms with Crippen molar-refractivity contribution in [2.75, 3.05) is 25.4 Å². The molecule has 22 heavy (non-hydrogen) atoms. The number of pyridine rings is 1. The van der Waals surface area contributed by atoms with Gasteiger partial charge in [0.25, 0.3) is 5.91 Å². The van der Waals surface area contributed by atoms with Crippen LogP contribution in [0.25, 0.3) is 0 Å². The van der Waals surface area contributed by atoms with E-state index in [1.54, 1.807) is 18.0 Å². The van der Waals surface area contributed by atoms with Crippen LogP contribution in [0.15, 0.2) is 23.4 Å². The second kappa shape index (κ2) is 8.53. The zero-order valence-electron chi connectivity index (χ0n) is 13.7. The van der Waals surface area contributed by atoms with E-state index in [0.717, 1.165) is 48.9 Å². The Balaban J connectivity index is 1.88. The van der Waals surface area contributed by atoms with E-state index in [1.807, 2.05) is 17.0 Å². The van der Waals surface area contributed by atoms with E-state index in [-0.39, 0.29) is 5.91 Å². The first-order valence-electron chi connectivity index (χ1n) is 8.10. The molecule has 0 bridgehead atoms. The van der Waals surface area contributed by atoms with Gasteiger partial charge in [0.2, 0.25) is 0 Å². The number of nitrogens with zero attached hydrogens (tertiary/aromatic N) is 2. The lowest BCUT2D eigenvalue weighted by atomic mass is 10.1. The molecule has 0 spiro atoms. The van der Waals surface area contributed by atoms with E-state index in [0.29, 0.717) is 12.0 Å². The quantitative estimate of drug-likeness (QED) is 0.752. The second-order valence-corrected chi connectivity index (χ2v) is 7.32. The van der Waals surface area contributed by atoms with Gasteiger partial charge in [0, 0.05) is 31.5 Å². The molecule has 4 nitrogen and oxygen atoms in total. The van der Waals surface area contributed by atoms with Crippen LogP contribution in [0.3, 0.4) is 0 Å². The van der Waals surface area contributed by atoms with E-state index in [9.17, 15) is 4.79 Å². The topological polar surface area (TPSA) is 42.4 Å². The summed E-state index contributed by atoms with van der Waals surface area (Å²) in [6.07, 6.45) is 3.89. The largest absolute Gasteiger partial charge is 0.378 e. The van der Waals surface area contributed by atoms with Gasteiger partial charge in [-0.15, -0.1) is 11.8 Å². The minimum absolute atomic E-state index is 0.114. The number of ether oxygens (including phenoxy) is 1. The lowest BCUT2D eigenvalue weighted by Gasteiger charge is -2.32. The Bertz CT molecular complexity index is 485. The number of amides is 1. The average molecular weight is 322 g/mol. The van der Waals surface area contributed by atoms with Crippen molar-refractivity contribution in [1.82, 2.24) is 9.88 Å². The fourth-order valence-corrected chi connectivity index (χ4v) is 3.15. The van der Waals surface area contributed by atoms with Gasteiger partial charge in [-0.05, 0) is 36.6 Å². The molecule has 0 saturated carbocycles. The van der Waals surface area contributed by atoms with Crippen LogP contribution in [-0.4, -0.2) is 47.3 Å². The number of likely N-dealkylation sites (tertiary alicyclic amines) is 1. The Labute approximate surface area is 137 Å². The van der Waals surface area contributed by atoms with Crippen LogP contribution in [0, 0.1) is 5.92 Å². The summed E-state index contributed by atoms with van der Waals surface area (Å²) in [5.41, 5.74) is 0.743. The van der Waals surface area contributed by atoms with Gasteiger partial charge >= 0.3 is 0 Å². The number of piperidine rings is 1. The smallest absolute Gasteiger partial charge is 0.254 e. The van der Waals surface area contributed by atoms with Crippen molar-refractivity contribution in [3.63, 3.8) is 0 Å². The highest BCUT2D eigenvalue weighted by atomic mass is 32.2. The molecule has 1 aliphatic heterocycles. The van der Waals surface area contributed by atoms with Crippen molar-refractivity contribution in [2.45, 2.75) is 44.7 Å². The Morgan fingerprint density at radius 2 is 2.18 bits per heavy atom. The molecule has 122 valence electrons. The first-order valence-corrected chi connectivity index (χ1v) is 9.08. The van der Waals surface area contributed by atoms with Crippen LogP contribution in [0.5, 0.6) is 0 Å². The summed E-state index contributed by atoms with van der Waals surface area (Å²) in [5.74, 6) is 1.64. The van der Waals surface area contributed by atoms with Gasteiger partial charge in [0.1, 0.15) is 0 Å². The maximum Gasteiger partial charge on any atom is 0.254 e. The molecule has 0 unspecified atom stereocenters. The highest BCUT2D eigenvalue weighted by Crippen LogP contribution is 2.20. The molecular formula is C17H26N2O2S. The summed E-state index contributed by atoms with van der Waals surface area (Å²) < 4.78 is 5.88. The number of carbonyl (C=O) groups is 1. The molecule has 1 saturated heterocycles. The molecule has 0 N–H and O–H groups in total. The lowest BCUT2D eigenvalue weighted by molar-refractivity contribution is -0.00231. The van der Waals surface area contributed by atoms with Crippen molar-refractivity contribution in [3.05, 3.63) is 23.9 Å². The van der Waals surface area contributed by atoms with Crippen molar-refractivity contribution >= 4 is 17.7 Å². The van der Waals surface area contributed by atoms with Crippen LogP contribution >= 0.6 is 11.8 Å². The average Bonchev–Trinajstić information content (AvgIpc) is 2.53. The van der Waals surface area contributed by atoms with Gasteiger partial charge in [0.05, 0.1) is 11.1 Å². The molecular weight excluding hydrogens is 296 g/mol. The molecule has 0 aliphatic carbocycles. The molecule has 1 fully saturated rings. The van der Waals surface area contributed by atoms with Gasteiger partial charge in [-0.3, -0.25) is 4.79 Å². The van der Waals surface area contributed by atoms with Crippen molar-refractivity contribution in [3.8, 4) is 0 Å². The van der Waals surface area contributed by atoms with Crippen LogP contribution in [-0.2, 0) is 4.74 Å². The molecule has 0 radical (unpaired) electrons. The number of aromatic nitrogens is 1. The fourth-order valence-electron chi connectivity index (χ4n) is 2.51. The van der Waals surface area contributed by atoms with Crippen LogP contribution in [0.2, 0.25) is 0 Å². The maximum absolute atomic E-state index is 12.6. The molecule has 0 atom stereocenters. The van der Waals surface area contributed by atoms with Crippen LogP contribution < -0.4 is 0 Å². The first-order chi connectivity index (χ1) is 10.6. The summed E-state index contributed by atoms with van der Waals surface area (Å²) in [4.78, 5) is 18.8. The zero-order chi connectivity index (χ0) is 15.9. The maximum atomic E-state index is 12.6. The summed E-state index contributed by atoms with van der Waals surface area (Å²) in [5, 5.41) is 0.920. The Morgan fingerprint density at radius 1 is 1.45 bits per heavy atom. The van der Waals surface area contributed by atoms with Gasteiger partial charge in [-0.1, -0.05) is 20.8 Å². The number of carbonyl (C=O) groups excluding carboxylic acids is 1. The molecule has 0 aromatic carbocycles. The normalized spacial score (nSPS) is 16.3. The Morgan fingerprint density at radius 3 is 2.82 bits per heavy atom.